The van der Waals surface area contributed by atoms with Crippen LogP contribution in [0.25, 0.3) is 0 Å². The number of nitrogens with one attached hydrogen (secondary N) is 2. The highest BCUT2D eigenvalue weighted by molar-refractivity contribution is 7.92. The number of carbonyl (C=O) groups excluding carboxylic acids is 1. The van der Waals surface area contributed by atoms with E-state index in [9.17, 15) is 13.2 Å². The fourth-order valence-electron chi connectivity index (χ4n) is 5.21. The Hall–Kier alpha value is -3.96. The van der Waals surface area contributed by atoms with Gasteiger partial charge in [0.25, 0.3) is 0 Å². The Morgan fingerprint density at radius 3 is 2.26 bits per heavy atom. The lowest BCUT2D eigenvalue weighted by Gasteiger charge is -2.34. The van der Waals surface area contributed by atoms with Crippen LogP contribution in [0.5, 0.6) is 23.0 Å². The van der Waals surface area contributed by atoms with Gasteiger partial charge in [0.1, 0.15) is 24.7 Å². The minimum Gasteiger partial charge on any atom is -0.486 e. The van der Waals surface area contributed by atoms with Crippen LogP contribution in [0.2, 0.25) is 0 Å². The van der Waals surface area contributed by atoms with E-state index < -0.39 is 10.0 Å². The Kier molecular flexibility index (Phi) is 9.93. The fourth-order valence-corrected chi connectivity index (χ4v) is 5.78. The first-order valence-electron chi connectivity index (χ1n) is 14.8. The highest BCUT2D eigenvalue weighted by Crippen LogP contribution is 2.34. The van der Waals surface area contributed by atoms with Gasteiger partial charge in [-0.1, -0.05) is 25.5 Å². The van der Waals surface area contributed by atoms with E-state index in [1.165, 1.54) is 5.56 Å². The number of hydrogen-bond donors (Lipinski definition) is 2. The van der Waals surface area contributed by atoms with Crippen molar-refractivity contribution in [1.82, 2.24) is 10.2 Å². The maximum absolute atomic E-state index is 13.4. The molecule has 1 fully saturated rings. The van der Waals surface area contributed by atoms with E-state index in [0.29, 0.717) is 42.7 Å². The molecule has 0 radical (unpaired) electrons. The number of likely N-dealkylation sites (tertiary alicyclic amines) is 1. The van der Waals surface area contributed by atoms with Crippen molar-refractivity contribution in [1.29, 1.82) is 0 Å². The average molecular weight is 609 g/mol. The summed E-state index contributed by atoms with van der Waals surface area (Å²) in [6, 6.07) is 20.5. The van der Waals surface area contributed by atoms with Crippen LogP contribution in [-0.4, -0.2) is 64.5 Å². The van der Waals surface area contributed by atoms with Crippen molar-refractivity contribution in [3.05, 3.63) is 72.3 Å². The Balaban J connectivity index is 1.09. The third-order valence-electron chi connectivity index (χ3n) is 7.46. The third-order valence-corrected chi connectivity index (χ3v) is 8.06. The standard InChI is InChI=1S/C32H40N4O6S/c1-3-4-17-36(27-9-14-30-31(22-27)41-21-20-40-30)32(37)33-25-15-18-35(19-16-25)23-24-5-10-28(11-6-24)42-29-12-7-26(8-13-29)34-43(2,38)39/h5-14,22,25,34H,3-4,15-21,23H2,1-2H3,(H,33,37). The van der Waals surface area contributed by atoms with Crippen molar-refractivity contribution in [3.63, 3.8) is 0 Å². The summed E-state index contributed by atoms with van der Waals surface area (Å²) in [5.74, 6) is 2.73. The van der Waals surface area contributed by atoms with Crippen LogP contribution >= 0.6 is 0 Å². The topological polar surface area (TPSA) is 109 Å². The van der Waals surface area contributed by atoms with Crippen LogP contribution < -0.4 is 29.1 Å². The molecular formula is C32H40N4O6S. The maximum atomic E-state index is 13.4. The van der Waals surface area contributed by atoms with Crippen LogP contribution in [0.4, 0.5) is 16.2 Å². The van der Waals surface area contributed by atoms with Gasteiger partial charge in [0.2, 0.25) is 10.0 Å². The molecule has 230 valence electrons. The Bertz CT molecular complexity index is 1470. The quantitative estimate of drug-likeness (QED) is 0.292. The number of anilines is 2. The lowest BCUT2D eigenvalue weighted by molar-refractivity contribution is 0.171. The molecule has 2 amide bonds. The number of ether oxygens (including phenoxy) is 3. The molecule has 43 heavy (non-hydrogen) atoms. The number of piperidine rings is 1. The Morgan fingerprint density at radius 1 is 0.953 bits per heavy atom. The molecule has 10 nitrogen and oxygen atoms in total. The maximum Gasteiger partial charge on any atom is 0.322 e. The molecule has 0 spiro atoms. The number of amides is 2. The number of carbonyl (C=O) groups is 1. The summed E-state index contributed by atoms with van der Waals surface area (Å²) in [6.45, 7) is 6.44. The van der Waals surface area contributed by atoms with Gasteiger partial charge in [0, 0.05) is 49.7 Å². The molecule has 0 unspecified atom stereocenters. The van der Waals surface area contributed by atoms with Crippen molar-refractivity contribution >= 4 is 27.4 Å². The van der Waals surface area contributed by atoms with Crippen molar-refractivity contribution in [2.24, 2.45) is 0 Å². The third kappa shape index (κ3) is 8.77. The molecule has 2 aliphatic rings. The molecule has 3 aromatic carbocycles. The molecule has 2 aliphatic heterocycles. The zero-order valence-corrected chi connectivity index (χ0v) is 25.6. The lowest BCUT2D eigenvalue weighted by Crippen LogP contribution is -2.49. The number of hydrogen-bond acceptors (Lipinski definition) is 7. The van der Waals surface area contributed by atoms with Crippen LogP contribution in [0, 0.1) is 0 Å². The van der Waals surface area contributed by atoms with Gasteiger partial charge in [0.05, 0.1) is 6.26 Å². The summed E-state index contributed by atoms with van der Waals surface area (Å²) < 4.78 is 42.5. The van der Waals surface area contributed by atoms with E-state index in [1.54, 1.807) is 24.3 Å². The summed E-state index contributed by atoms with van der Waals surface area (Å²) in [7, 11) is -3.32. The molecule has 0 atom stereocenters. The molecule has 1 saturated heterocycles. The van der Waals surface area contributed by atoms with Gasteiger partial charge < -0.3 is 19.5 Å². The average Bonchev–Trinajstić information content (AvgIpc) is 2.99. The predicted octanol–water partition coefficient (Wildman–Crippen LogP) is 5.60. The molecule has 0 bridgehead atoms. The highest BCUT2D eigenvalue weighted by atomic mass is 32.2. The Morgan fingerprint density at radius 2 is 1.60 bits per heavy atom. The van der Waals surface area contributed by atoms with Gasteiger partial charge in [-0.15, -0.1) is 0 Å². The van der Waals surface area contributed by atoms with E-state index >= 15 is 0 Å². The number of fused-ring (bicyclic) bond motifs is 1. The van der Waals surface area contributed by atoms with Gasteiger partial charge in [-0.2, -0.15) is 0 Å². The van der Waals surface area contributed by atoms with E-state index in [4.69, 9.17) is 14.2 Å². The second kappa shape index (κ2) is 14.0. The molecule has 11 heteroatoms. The second-order valence-corrected chi connectivity index (χ2v) is 12.7. The zero-order chi connectivity index (χ0) is 30.2. The van der Waals surface area contributed by atoms with Gasteiger partial charge in [-0.3, -0.25) is 14.5 Å². The normalized spacial score (nSPS) is 15.5. The molecule has 0 saturated carbocycles. The molecule has 0 aliphatic carbocycles. The van der Waals surface area contributed by atoms with E-state index in [-0.39, 0.29) is 12.1 Å². The number of nitrogens with zero attached hydrogens (tertiary/aromatic N) is 2. The van der Waals surface area contributed by atoms with E-state index in [0.717, 1.165) is 63.0 Å². The van der Waals surface area contributed by atoms with Crippen LogP contribution in [0.1, 0.15) is 38.2 Å². The molecule has 0 aromatic heterocycles. The van der Waals surface area contributed by atoms with Crippen molar-refractivity contribution in [3.8, 4) is 23.0 Å². The molecule has 2 N–H and O–H groups in total. The summed E-state index contributed by atoms with van der Waals surface area (Å²) in [6.07, 6.45) is 4.81. The number of unbranched alkanes of at least 4 members (excludes halogenated alkanes) is 1. The smallest absolute Gasteiger partial charge is 0.322 e. The number of sulfonamides is 1. The monoisotopic (exact) mass is 608 g/mol. The van der Waals surface area contributed by atoms with Gasteiger partial charge in [-0.25, -0.2) is 13.2 Å². The van der Waals surface area contributed by atoms with Gasteiger partial charge in [0.15, 0.2) is 11.5 Å². The zero-order valence-electron chi connectivity index (χ0n) is 24.8. The first-order valence-corrected chi connectivity index (χ1v) is 16.7. The molecule has 3 aromatic rings. The predicted molar refractivity (Wildman–Crippen MR) is 168 cm³/mol. The fraction of sp³-hybridized carbons (Fsp3) is 0.406. The number of urea groups is 1. The van der Waals surface area contributed by atoms with Crippen LogP contribution in [0.3, 0.4) is 0 Å². The van der Waals surface area contributed by atoms with E-state index in [2.05, 4.69) is 34.0 Å². The summed E-state index contributed by atoms with van der Waals surface area (Å²) >= 11 is 0. The van der Waals surface area contributed by atoms with Gasteiger partial charge in [-0.05, 0) is 73.4 Å². The first kappa shape index (κ1) is 30.5. The van der Waals surface area contributed by atoms with Crippen molar-refractivity contribution in [2.75, 3.05) is 48.7 Å². The van der Waals surface area contributed by atoms with Crippen LogP contribution in [-0.2, 0) is 16.6 Å². The minimum absolute atomic E-state index is 0.0690. The summed E-state index contributed by atoms with van der Waals surface area (Å²) in [4.78, 5) is 17.6. The first-order chi connectivity index (χ1) is 20.8. The number of benzene rings is 3. The minimum atomic E-state index is -3.32. The molecule has 2 heterocycles. The largest absolute Gasteiger partial charge is 0.486 e. The SMILES string of the molecule is CCCCN(C(=O)NC1CCN(Cc2ccc(Oc3ccc(NS(C)(=O)=O)cc3)cc2)CC1)c1ccc2c(c1)OCCO2. The second-order valence-electron chi connectivity index (χ2n) is 11.0. The van der Waals surface area contributed by atoms with Gasteiger partial charge >= 0.3 is 6.03 Å². The lowest BCUT2D eigenvalue weighted by atomic mass is 10.0. The number of rotatable bonds is 11. The van der Waals surface area contributed by atoms with E-state index in [1.807, 2.05) is 35.2 Å². The summed E-state index contributed by atoms with van der Waals surface area (Å²) in [5, 5.41) is 3.27. The highest BCUT2D eigenvalue weighted by Gasteiger charge is 2.25. The van der Waals surface area contributed by atoms with Crippen LogP contribution in [0.15, 0.2) is 66.7 Å². The molecular weight excluding hydrogens is 568 g/mol. The van der Waals surface area contributed by atoms with Crippen molar-refractivity contribution in [2.45, 2.75) is 45.2 Å². The van der Waals surface area contributed by atoms with Crippen molar-refractivity contribution < 1.29 is 27.4 Å². The molecule has 5 rings (SSSR count). The Labute approximate surface area is 254 Å². The summed E-state index contributed by atoms with van der Waals surface area (Å²) in [5.41, 5.74) is 2.50.